The van der Waals surface area contributed by atoms with Gasteiger partial charge in [-0.2, -0.15) is 0 Å². The minimum absolute atomic E-state index is 0.0882. The summed E-state index contributed by atoms with van der Waals surface area (Å²) in [6.07, 6.45) is 0. The van der Waals surface area contributed by atoms with Gasteiger partial charge in [0.25, 0.3) is 5.91 Å². The highest BCUT2D eigenvalue weighted by atomic mass is 32.2. The standard InChI is InChI=1S/C19H23NO2S/c1-4-22-18-8-6-5-7-17(18)19(21)20-11-12-23-16-10-9-14(2)15(3)13-16/h5-10,13H,4,11-12H2,1-3H3,(H,20,21). The molecule has 122 valence electrons. The molecule has 2 aromatic rings. The van der Waals surface area contributed by atoms with E-state index < -0.39 is 0 Å². The second kappa shape index (κ2) is 8.63. The van der Waals surface area contributed by atoms with Gasteiger partial charge in [-0.05, 0) is 56.2 Å². The molecular weight excluding hydrogens is 306 g/mol. The molecule has 0 saturated carbocycles. The Morgan fingerprint density at radius 1 is 1.13 bits per heavy atom. The first-order valence-electron chi connectivity index (χ1n) is 7.82. The van der Waals surface area contributed by atoms with Gasteiger partial charge in [-0.1, -0.05) is 18.2 Å². The zero-order valence-electron chi connectivity index (χ0n) is 13.9. The first-order chi connectivity index (χ1) is 11.1. The van der Waals surface area contributed by atoms with E-state index in [4.69, 9.17) is 4.74 Å². The fourth-order valence-electron chi connectivity index (χ4n) is 2.17. The molecule has 3 nitrogen and oxygen atoms in total. The van der Waals surface area contributed by atoms with Crippen molar-refractivity contribution < 1.29 is 9.53 Å². The molecule has 1 N–H and O–H groups in total. The van der Waals surface area contributed by atoms with Gasteiger partial charge in [0, 0.05) is 17.2 Å². The van der Waals surface area contributed by atoms with Crippen LogP contribution in [0.3, 0.4) is 0 Å². The molecule has 0 aliphatic heterocycles. The number of amides is 1. The first kappa shape index (κ1) is 17.4. The van der Waals surface area contributed by atoms with Crippen molar-refractivity contribution in [2.24, 2.45) is 0 Å². The summed E-state index contributed by atoms with van der Waals surface area (Å²) in [7, 11) is 0. The molecule has 4 heteroatoms. The smallest absolute Gasteiger partial charge is 0.255 e. The third-order valence-corrected chi connectivity index (χ3v) is 4.56. The number of benzene rings is 2. The maximum Gasteiger partial charge on any atom is 0.255 e. The highest BCUT2D eigenvalue weighted by molar-refractivity contribution is 7.99. The van der Waals surface area contributed by atoms with Crippen molar-refractivity contribution in [2.75, 3.05) is 18.9 Å². The predicted molar refractivity (Wildman–Crippen MR) is 96.6 cm³/mol. The van der Waals surface area contributed by atoms with E-state index in [0.717, 1.165) is 5.75 Å². The van der Waals surface area contributed by atoms with Crippen molar-refractivity contribution in [2.45, 2.75) is 25.7 Å². The Kier molecular flexibility index (Phi) is 6.53. The summed E-state index contributed by atoms with van der Waals surface area (Å²) in [6.45, 7) is 7.31. The summed E-state index contributed by atoms with van der Waals surface area (Å²) in [6, 6.07) is 13.8. The molecule has 2 aromatic carbocycles. The fraction of sp³-hybridized carbons (Fsp3) is 0.316. The molecule has 1 amide bonds. The summed E-state index contributed by atoms with van der Waals surface area (Å²) in [4.78, 5) is 13.5. The van der Waals surface area contributed by atoms with E-state index in [9.17, 15) is 4.79 Å². The monoisotopic (exact) mass is 329 g/mol. The molecule has 0 atom stereocenters. The number of hydrogen-bond donors (Lipinski definition) is 1. The maximum absolute atomic E-state index is 12.3. The number of hydrogen-bond acceptors (Lipinski definition) is 3. The Morgan fingerprint density at radius 2 is 1.91 bits per heavy atom. The van der Waals surface area contributed by atoms with Crippen molar-refractivity contribution in [1.82, 2.24) is 5.32 Å². The highest BCUT2D eigenvalue weighted by Crippen LogP contribution is 2.21. The Bertz CT molecular complexity index is 670. The third kappa shape index (κ3) is 5.03. The van der Waals surface area contributed by atoms with Crippen LogP contribution in [-0.2, 0) is 0 Å². The van der Waals surface area contributed by atoms with Crippen molar-refractivity contribution in [3.63, 3.8) is 0 Å². The quantitative estimate of drug-likeness (QED) is 0.610. The molecule has 0 unspecified atom stereocenters. The number of carbonyl (C=O) groups is 1. The fourth-order valence-corrected chi connectivity index (χ4v) is 3.03. The summed E-state index contributed by atoms with van der Waals surface area (Å²) >= 11 is 1.75. The summed E-state index contributed by atoms with van der Waals surface area (Å²) in [5.74, 6) is 1.38. The van der Waals surface area contributed by atoms with Gasteiger partial charge in [0.15, 0.2) is 0 Å². The second-order valence-electron chi connectivity index (χ2n) is 5.28. The van der Waals surface area contributed by atoms with Crippen LogP contribution in [0.1, 0.15) is 28.4 Å². The van der Waals surface area contributed by atoms with Crippen molar-refractivity contribution in [3.05, 3.63) is 59.2 Å². The average molecular weight is 329 g/mol. The molecule has 23 heavy (non-hydrogen) atoms. The van der Waals surface area contributed by atoms with Crippen molar-refractivity contribution in [3.8, 4) is 5.75 Å². The van der Waals surface area contributed by atoms with Gasteiger partial charge in [-0.3, -0.25) is 4.79 Å². The van der Waals surface area contributed by atoms with Crippen LogP contribution in [0.15, 0.2) is 47.4 Å². The SMILES string of the molecule is CCOc1ccccc1C(=O)NCCSc1ccc(C)c(C)c1. The molecule has 0 aliphatic carbocycles. The highest BCUT2D eigenvalue weighted by Gasteiger charge is 2.11. The zero-order valence-corrected chi connectivity index (χ0v) is 14.7. The zero-order chi connectivity index (χ0) is 16.7. The average Bonchev–Trinajstić information content (AvgIpc) is 2.55. The number of aryl methyl sites for hydroxylation is 2. The molecule has 0 spiro atoms. The normalized spacial score (nSPS) is 10.4. The molecular formula is C19H23NO2S. The van der Waals surface area contributed by atoms with E-state index in [1.807, 2.05) is 25.1 Å². The molecule has 0 bridgehead atoms. The lowest BCUT2D eigenvalue weighted by atomic mass is 10.1. The van der Waals surface area contributed by atoms with Gasteiger partial charge in [-0.25, -0.2) is 0 Å². The Balaban J connectivity index is 1.84. The third-order valence-electron chi connectivity index (χ3n) is 3.57. The largest absolute Gasteiger partial charge is 0.493 e. The van der Waals surface area contributed by atoms with Crippen LogP contribution in [0.4, 0.5) is 0 Å². The number of ether oxygens (including phenoxy) is 1. The van der Waals surface area contributed by atoms with E-state index in [2.05, 4.69) is 37.4 Å². The number of thioether (sulfide) groups is 1. The van der Waals surface area contributed by atoms with Gasteiger partial charge in [0.1, 0.15) is 5.75 Å². The molecule has 0 fully saturated rings. The van der Waals surface area contributed by atoms with Crippen LogP contribution in [-0.4, -0.2) is 24.8 Å². The van der Waals surface area contributed by atoms with E-state index >= 15 is 0 Å². The Labute approximate surface area is 142 Å². The van der Waals surface area contributed by atoms with Crippen LogP contribution >= 0.6 is 11.8 Å². The predicted octanol–water partition coefficient (Wildman–Crippen LogP) is 4.22. The van der Waals surface area contributed by atoms with Crippen LogP contribution < -0.4 is 10.1 Å². The molecule has 2 rings (SSSR count). The maximum atomic E-state index is 12.3. The number of para-hydroxylation sites is 1. The summed E-state index contributed by atoms with van der Waals surface area (Å²) in [5.41, 5.74) is 3.19. The van der Waals surface area contributed by atoms with Crippen molar-refractivity contribution >= 4 is 17.7 Å². The van der Waals surface area contributed by atoms with Gasteiger partial charge < -0.3 is 10.1 Å². The van der Waals surface area contributed by atoms with Gasteiger partial charge in [0.05, 0.1) is 12.2 Å². The Hall–Kier alpha value is -1.94. The van der Waals surface area contributed by atoms with Crippen LogP contribution in [0.5, 0.6) is 5.75 Å². The molecule has 0 heterocycles. The van der Waals surface area contributed by atoms with E-state index in [1.54, 1.807) is 17.8 Å². The van der Waals surface area contributed by atoms with E-state index in [-0.39, 0.29) is 5.91 Å². The van der Waals surface area contributed by atoms with Gasteiger partial charge in [-0.15, -0.1) is 11.8 Å². The summed E-state index contributed by atoms with van der Waals surface area (Å²) < 4.78 is 5.49. The minimum Gasteiger partial charge on any atom is -0.493 e. The number of nitrogens with one attached hydrogen (secondary N) is 1. The lowest BCUT2D eigenvalue weighted by Gasteiger charge is -2.10. The van der Waals surface area contributed by atoms with E-state index in [1.165, 1.54) is 16.0 Å². The number of carbonyl (C=O) groups excluding carboxylic acids is 1. The molecule has 0 aromatic heterocycles. The van der Waals surface area contributed by atoms with Crippen LogP contribution in [0.2, 0.25) is 0 Å². The lowest BCUT2D eigenvalue weighted by molar-refractivity contribution is 0.0952. The number of rotatable bonds is 7. The molecule has 0 radical (unpaired) electrons. The molecule has 0 aliphatic rings. The Morgan fingerprint density at radius 3 is 2.65 bits per heavy atom. The minimum atomic E-state index is -0.0882. The van der Waals surface area contributed by atoms with E-state index in [0.29, 0.717) is 24.5 Å². The lowest BCUT2D eigenvalue weighted by Crippen LogP contribution is -2.26. The van der Waals surface area contributed by atoms with Crippen molar-refractivity contribution in [1.29, 1.82) is 0 Å². The van der Waals surface area contributed by atoms with Gasteiger partial charge >= 0.3 is 0 Å². The van der Waals surface area contributed by atoms with Crippen LogP contribution in [0.25, 0.3) is 0 Å². The summed E-state index contributed by atoms with van der Waals surface area (Å²) in [5, 5.41) is 2.95. The second-order valence-corrected chi connectivity index (χ2v) is 6.45. The van der Waals surface area contributed by atoms with Crippen LogP contribution in [0, 0.1) is 13.8 Å². The topological polar surface area (TPSA) is 38.3 Å². The molecule has 0 saturated heterocycles. The first-order valence-corrected chi connectivity index (χ1v) is 8.80. The van der Waals surface area contributed by atoms with Gasteiger partial charge in [0.2, 0.25) is 0 Å².